The Kier molecular flexibility index (Phi) is 5.43. The van der Waals surface area contributed by atoms with Crippen molar-refractivity contribution in [1.82, 2.24) is 4.83 Å². The largest absolute Gasteiger partial charge is 0.326 e. The highest BCUT2D eigenvalue weighted by Gasteiger charge is 2.29. The lowest BCUT2D eigenvalue weighted by molar-refractivity contribution is -0.117. The quantitative estimate of drug-likeness (QED) is 0.537. The summed E-state index contributed by atoms with van der Waals surface area (Å²) in [6.45, 7) is 1.71. The molecule has 0 spiro atoms. The highest BCUT2D eigenvalue weighted by Crippen LogP contribution is 2.30. The summed E-state index contributed by atoms with van der Waals surface area (Å²) in [6, 6.07) is 13.4. The van der Waals surface area contributed by atoms with Crippen LogP contribution in [0.25, 0.3) is 0 Å². The summed E-state index contributed by atoms with van der Waals surface area (Å²) in [5.74, 6) is 0.191. The molecule has 1 fully saturated rings. The molecule has 6 nitrogen and oxygen atoms in total. The number of carbonyl (C=O) groups excluding carboxylic acids is 1. The Balaban J connectivity index is 1.66. The van der Waals surface area contributed by atoms with Crippen LogP contribution in [0.3, 0.4) is 0 Å². The van der Waals surface area contributed by atoms with Crippen molar-refractivity contribution < 1.29 is 13.2 Å². The van der Waals surface area contributed by atoms with Gasteiger partial charge in [-0.15, -0.1) is 0 Å². The van der Waals surface area contributed by atoms with Gasteiger partial charge < -0.3 is 5.32 Å². The molecule has 2 aromatic carbocycles. The van der Waals surface area contributed by atoms with E-state index in [2.05, 4.69) is 31.2 Å². The first-order chi connectivity index (χ1) is 12.3. The van der Waals surface area contributed by atoms with Crippen molar-refractivity contribution in [3.63, 3.8) is 0 Å². The summed E-state index contributed by atoms with van der Waals surface area (Å²) in [6.07, 6.45) is 1.91. The van der Waals surface area contributed by atoms with Crippen LogP contribution in [0.4, 0.5) is 5.69 Å². The number of hydrogen-bond donors (Lipinski definition) is 2. The number of rotatable bonds is 6. The van der Waals surface area contributed by atoms with E-state index in [1.165, 1.54) is 12.1 Å². The normalized spacial score (nSPS) is 14.8. The Morgan fingerprint density at radius 2 is 1.69 bits per heavy atom. The second kappa shape index (κ2) is 7.59. The van der Waals surface area contributed by atoms with E-state index in [0.717, 1.165) is 22.9 Å². The van der Waals surface area contributed by atoms with Gasteiger partial charge in [-0.05, 0) is 61.7 Å². The van der Waals surface area contributed by atoms with Crippen molar-refractivity contribution >= 4 is 43.3 Å². The number of nitrogens with one attached hydrogen (secondary N) is 2. The first-order valence-electron chi connectivity index (χ1n) is 8.08. The second-order valence-electron chi connectivity index (χ2n) is 6.09. The third-order valence-electron chi connectivity index (χ3n) is 3.98. The molecule has 0 bridgehead atoms. The lowest BCUT2D eigenvalue weighted by atomic mass is 10.1. The fraction of sp³-hybridized carbons (Fsp3) is 0.222. The molecule has 0 aliphatic heterocycles. The molecule has 3 rings (SSSR count). The SMILES string of the molecule is CC(=NNS(=O)(=O)c1ccc(Br)cc1)c1ccc(NC(=O)C2CC2)cc1. The van der Waals surface area contributed by atoms with Crippen LogP contribution in [0.1, 0.15) is 25.3 Å². The topological polar surface area (TPSA) is 87.6 Å². The monoisotopic (exact) mass is 435 g/mol. The van der Waals surface area contributed by atoms with Gasteiger partial charge in [0, 0.05) is 16.1 Å². The van der Waals surface area contributed by atoms with Crippen LogP contribution in [0.5, 0.6) is 0 Å². The van der Waals surface area contributed by atoms with Crippen LogP contribution >= 0.6 is 15.9 Å². The van der Waals surface area contributed by atoms with Crippen LogP contribution in [0, 0.1) is 5.92 Å². The number of amides is 1. The molecule has 0 radical (unpaired) electrons. The Morgan fingerprint density at radius 1 is 1.08 bits per heavy atom. The molecule has 0 saturated heterocycles. The average molecular weight is 436 g/mol. The Labute approximate surface area is 160 Å². The summed E-state index contributed by atoms with van der Waals surface area (Å²) >= 11 is 3.27. The maximum Gasteiger partial charge on any atom is 0.276 e. The predicted molar refractivity (Wildman–Crippen MR) is 104 cm³/mol. The lowest BCUT2D eigenvalue weighted by Crippen LogP contribution is -2.20. The van der Waals surface area contributed by atoms with Gasteiger partial charge in [-0.3, -0.25) is 4.79 Å². The lowest BCUT2D eigenvalue weighted by Gasteiger charge is -2.07. The molecule has 0 aromatic heterocycles. The summed E-state index contributed by atoms with van der Waals surface area (Å²) in [5, 5.41) is 6.83. The van der Waals surface area contributed by atoms with Gasteiger partial charge in [-0.2, -0.15) is 18.4 Å². The minimum absolute atomic E-state index is 0.0467. The molecule has 2 N–H and O–H groups in total. The molecule has 8 heteroatoms. The van der Waals surface area contributed by atoms with E-state index in [1.807, 2.05) is 0 Å². The zero-order chi connectivity index (χ0) is 18.7. The smallest absolute Gasteiger partial charge is 0.276 e. The first-order valence-corrected chi connectivity index (χ1v) is 10.4. The van der Waals surface area contributed by atoms with Gasteiger partial charge in [0.2, 0.25) is 5.91 Å². The molecule has 0 atom stereocenters. The Morgan fingerprint density at radius 3 is 2.27 bits per heavy atom. The van der Waals surface area contributed by atoms with Crippen LogP contribution in [-0.2, 0) is 14.8 Å². The van der Waals surface area contributed by atoms with E-state index in [4.69, 9.17) is 0 Å². The predicted octanol–water partition coefficient (Wildman–Crippen LogP) is 3.50. The van der Waals surface area contributed by atoms with E-state index < -0.39 is 10.0 Å². The number of anilines is 1. The number of sulfonamides is 1. The van der Waals surface area contributed by atoms with Crippen molar-refractivity contribution in [2.75, 3.05) is 5.32 Å². The zero-order valence-corrected chi connectivity index (χ0v) is 16.5. The van der Waals surface area contributed by atoms with Gasteiger partial charge in [-0.25, -0.2) is 0 Å². The van der Waals surface area contributed by atoms with Gasteiger partial charge in [0.1, 0.15) is 0 Å². The second-order valence-corrected chi connectivity index (χ2v) is 8.66. The molecule has 1 saturated carbocycles. The van der Waals surface area contributed by atoms with Crippen molar-refractivity contribution in [3.8, 4) is 0 Å². The molecular weight excluding hydrogens is 418 g/mol. The van der Waals surface area contributed by atoms with E-state index in [0.29, 0.717) is 11.4 Å². The van der Waals surface area contributed by atoms with Crippen LogP contribution in [0.2, 0.25) is 0 Å². The fourth-order valence-electron chi connectivity index (χ4n) is 2.24. The van der Waals surface area contributed by atoms with Gasteiger partial charge in [0.15, 0.2) is 0 Å². The van der Waals surface area contributed by atoms with E-state index in [1.54, 1.807) is 43.3 Å². The van der Waals surface area contributed by atoms with Crippen molar-refractivity contribution in [1.29, 1.82) is 0 Å². The van der Waals surface area contributed by atoms with E-state index >= 15 is 0 Å². The van der Waals surface area contributed by atoms with E-state index in [9.17, 15) is 13.2 Å². The summed E-state index contributed by atoms with van der Waals surface area (Å²) in [7, 11) is -3.72. The van der Waals surface area contributed by atoms with Crippen molar-refractivity contribution in [2.24, 2.45) is 11.0 Å². The molecule has 1 amide bonds. The number of nitrogens with zero attached hydrogens (tertiary/aromatic N) is 1. The maximum atomic E-state index is 12.2. The molecule has 26 heavy (non-hydrogen) atoms. The summed E-state index contributed by atoms with van der Waals surface area (Å²) < 4.78 is 25.3. The Hall–Kier alpha value is -2.19. The molecule has 136 valence electrons. The highest BCUT2D eigenvalue weighted by atomic mass is 79.9. The zero-order valence-electron chi connectivity index (χ0n) is 14.1. The third kappa shape index (κ3) is 4.70. The van der Waals surface area contributed by atoms with Gasteiger partial charge in [-0.1, -0.05) is 28.1 Å². The van der Waals surface area contributed by atoms with Crippen LogP contribution in [-0.4, -0.2) is 20.0 Å². The van der Waals surface area contributed by atoms with Crippen LogP contribution in [0.15, 0.2) is 63.0 Å². The number of benzene rings is 2. The molecule has 2 aromatic rings. The minimum atomic E-state index is -3.72. The average Bonchev–Trinajstić information content (AvgIpc) is 3.46. The Bertz CT molecular complexity index is 935. The molecule has 1 aliphatic rings. The number of carbonyl (C=O) groups is 1. The number of halogens is 1. The summed E-state index contributed by atoms with van der Waals surface area (Å²) in [5.41, 5.74) is 1.99. The van der Waals surface area contributed by atoms with Gasteiger partial charge in [0.25, 0.3) is 10.0 Å². The molecule has 1 aliphatic carbocycles. The van der Waals surface area contributed by atoms with Crippen LogP contribution < -0.4 is 10.1 Å². The standard InChI is InChI=1S/C18H18BrN3O3S/c1-12(21-22-26(24,25)17-10-6-15(19)7-11-17)13-4-8-16(9-5-13)20-18(23)14-2-3-14/h4-11,14,22H,2-3H2,1H3,(H,20,23). The van der Waals surface area contributed by atoms with Gasteiger partial charge in [0.05, 0.1) is 10.6 Å². The minimum Gasteiger partial charge on any atom is -0.326 e. The van der Waals surface area contributed by atoms with E-state index in [-0.39, 0.29) is 16.7 Å². The third-order valence-corrected chi connectivity index (χ3v) is 5.73. The molecular formula is C18H18BrN3O3S. The summed E-state index contributed by atoms with van der Waals surface area (Å²) in [4.78, 5) is 14.1. The molecule has 0 unspecified atom stereocenters. The van der Waals surface area contributed by atoms with Crippen molar-refractivity contribution in [3.05, 3.63) is 58.6 Å². The fourth-order valence-corrected chi connectivity index (χ4v) is 3.37. The van der Waals surface area contributed by atoms with Gasteiger partial charge >= 0.3 is 0 Å². The first kappa shape index (κ1) is 18.6. The number of hydrazone groups is 1. The maximum absolute atomic E-state index is 12.2. The number of hydrogen-bond acceptors (Lipinski definition) is 4. The molecule has 0 heterocycles. The highest BCUT2D eigenvalue weighted by molar-refractivity contribution is 9.10. The van der Waals surface area contributed by atoms with Crippen molar-refractivity contribution in [2.45, 2.75) is 24.7 Å².